The molecule has 1 aromatic carbocycles. The van der Waals surface area contributed by atoms with Crippen LogP contribution in [0.5, 0.6) is 0 Å². The molecule has 18 heavy (non-hydrogen) atoms. The molecule has 0 amide bonds. The Balaban J connectivity index is 2.18. The van der Waals surface area contributed by atoms with Crippen LogP contribution in [0.4, 0.5) is 0 Å². The van der Waals surface area contributed by atoms with Gasteiger partial charge >= 0.3 is 0 Å². The maximum Gasteiger partial charge on any atom is 0.177 e. The molecule has 94 valence electrons. The molecular weight excluding hydrogens is 314 g/mol. The van der Waals surface area contributed by atoms with Crippen LogP contribution in [0.1, 0.15) is 11.3 Å². The predicted octanol–water partition coefficient (Wildman–Crippen LogP) is 2.84. The Morgan fingerprint density at radius 3 is 2.28 bits per heavy atom. The first-order valence-electron chi connectivity index (χ1n) is 5.34. The second-order valence-electron chi connectivity index (χ2n) is 4.06. The van der Waals surface area contributed by atoms with Crippen molar-refractivity contribution in [3.05, 3.63) is 58.3 Å². The number of benzene rings is 1. The molecule has 0 atom stereocenters. The molecule has 0 spiro atoms. The molecule has 0 radical (unpaired) electrons. The summed E-state index contributed by atoms with van der Waals surface area (Å²) in [6, 6.07) is 11.3. The van der Waals surface area contributed by atoms with Gasteiger partial charge in [0.1, 0.15) is 0 Å². The number of halogens is 1. The average Bonchev–Trinajstić information content (AvgIpc) is 2.32. The largest absolute Gasteiger partial charge is 0.260 e. The van der Waals surface area contributed by atoms with Crippen molar-refractivity contribution in [3.63, 3.8) is 0 Å². The highest BCUT2D eigenvalue weighted by Gasteiger charge is 2.07. The fourth-order valence-corrected chi connectivity index (χ4v) is 2.37. The lowest BCUT2D eigenvalue weighted by Gasteiger charge is -2.03. The van der Waals surface area contributed by atoms with Gasteiger partial charge in [0, 0.05) is 29.0 Å². The van der Waals surface area contributed by atoms with Crippen molar-refractivity contribution in [1.29, 1.82) is 0 Å². The van der Waals surface area contributed by atoms with E-state index in [0.29, 0.717) is 6.42 Å². The molecule has 0 saturated heterocycles. The van der Waals surface area contributed by atoms with Crippen LogP contribution in [-0.4, -0.2) is 19.7 Å². The zero-order valence-electron chi connectivity index (χ0n) is 9.80. The molecule has 2 rings (SSSR count). The monoisotopic (exact) mass is 325 g/mol. The van der Waals surface area contributed by atoms with Crippen LogP contribution in [-0.2, 0) is 16.3 Å². The summed E-state index contributed by atoms with van der Waals surface area (Å²) in [6.45, 7) is 0. The van der Waals surface area contributed by atoms with Crippen molar-refractivity contribution in [2.75, 3.05) is 6.26 Å². The molecule has 0 aliphatic rings. The van der Waals surface area contributed by atoms with E-state index in [4.69, 9.17) is 0 Å². The summed E-state index contributed by atoms with van der Waals surface area (Å²) in [5.74, 6) is 0. The first-order valence-corrected chi connectivity index (χ1v) is 8.03. The number of aromatic nitrogens is 1. The summed E-state index contributed by atoms with van der Waals surface area (Å²) in [4.78, 5) is 4.42. The first kappa shape index (κ1) is 13.2. The Bertz CT molecular complexity index is 634. The second-order valence-corrected chi connectivity index (χ2v) is 6.99. The van der Waals surface area contributed by atoms with E-state index in [1.165, 1.54) is 12.5 Å². The van der Waals surface area contributed by atoms with Crippen LogP contribution < -0.4 is 0 Å². The summed E-state index contributed by atoms with van der Waals surface area (Å²) in [5.41, 5.74) is 1.99. The number of hydrogen-bond acceptors (Lipinski definition) is 3. The maximum atomic E-state index is 11.3. The van der Waals surface area contributed by atoms with Crippen molar-refractivity contribution in [3.8, 4) is 0 Å². The van der Waals surface area contributed by atoms with Crippen LogP contribution in [0, 0.1) is 0 Å². The van der Waals surface area contributed by atoms with Gasteiger partial charge in [-0.2, -0.15) is 0 Å². The van der Waals surface area contributed by atoms with E-state index in [1.807, 2.05) is 24.3 Å². The van der Waals surface area contributed by atoms with E-state index in [0.717, 1.165) is 15.7 Å². The van der Waals surface area contributed by atoms with Crippen molar-refractivity contribution >= 4 is 25.8 Å². The highest BCUT2D eigenvalue weighted by atomic mass is 79.9. The molecule has 1 aromatic heterocycles. The minimum Gasteiger partial charge on any atom is -0.260 e. The minimum atomic E-state index is -3.17. The van der Waals surface area contributed by atoms with Crippen LogP contribution >= 0.6 is 15.9 Å². The molecule has 0 fully saturated rings. The lowest BCUT2D eigenvalue weighted by atomic mass is 10.1. The number of nitrogens with zero attached hydrogens (tertiary/aromatic N) is 1. The van der Waals surface area contributed by atoms with Gasteiger partial charge in [-0.15, -0.1) is 0 Å². The number of rotatable bonds is 3. The fraction of sp³-hybridized carbons (Fsp3) is 0.154. The Morgan fingerprint density at radius 1 is 1.11 bits per heavy atom. The van der Waals surface area contributed by atoms with Gasteiger partial charge < -0.3 is 0 Å². The molecule has 0 saturated carbocycles. The molecule has 5 heteroatoms. The van der Waals surface area contributed by atoms with Gasteiger partial charge in [-0.05, 0) is 29.8 Å². The van der Waals surface area contributed by atoms with Crippen molar-refractivity contribution < 1.29 is 8.42 Å². The maximum absolute atomic E-state index is 11.3. The topological polar surface area (TPSA) is 47.0 Å². The Morgan fingerprint density at radius 2 is 1.78 bits per heavy atom. The third kappa shape index (κ3) is 3.40. The second kappa shape index (κ2) is 5.20. The van der Waals surface area contributed by atoms with Gasteiger partial charge in [-0.1, -0.05) is 28.1 Å². The van der Waals surface area contributed by atoms with E-state index >= 15 is 0 Å². The van der Waals surface area contributed by atoms with Crippen LogP contribution in [0.2, 0.25) is 0 Å². The average molecular weight is 326 g/mol. The lowest BCUT2D eigenvalue weighted by molar-refractivity contribution is 0.601. The van der Waals surface area contributed by atoms with Gasteiger partial charge in [0.15, 0.2) is 9.84 Å². The molecular formula is C13H12BrNO2S. The molecule has 0 unspecified atom stereocenters. The molecule has 0 aliphatic carbocycles. The van der Waals surface area contributed by atoms with Crippen molar-refractivity contribution in [1.82, 2.24) is 4.98 Å². The summed E-state index contributed by atoms with van der Waals surface area (Å²) in [6.07, 6.45) is 3.28. The lowest BCUT2D eigenvalue weighted by Crippen LogP contribution is -1.99. The van der Waals surface area contributed by atoms with Crippen LogP contribution in [0.3, 0.4) is 0 Å². The molecule has 2 aromatic rings. The smallest absolute Gasteiger partial charge is 0.177 e. The standard InChI is InChI=1S/C13H12BrNO2S/c1-18(16,17)13-7-6-12(15-9-13)8-10-2-4-11(14)5-3-10/h2-7,9H,8H2,1H3. The van der Waals surface area contributed by atoms with E-state index in [-0.39, 0.29) is 4.90 Å². The van der Waals surface area contributed by atoms with Gasteiger partial charge in [0.2, 0.25) is 0 Å². The summed E-state index contributed by atoms with van der Waals surface area (Å²) >= 11 is 3.38. The zero-order valence-corrected chi connectivity index (χ0v) is 12.2. The van der Waals surface area contributed by atoms with E-state index < -0.39 is 9.84 Å². The highest BCUT2D eigenvalue weighted by Crippen LogP contribution is 2.14. The summed E-state index contributed by atoms with van der Waals surface area (Å²) in [7, 11) is -3.17. The van der Waals surface area contributed by atoms with Gasteiger partial charge in [-0.3, -0.25) is 4.98 Å². The number of pyridine rings is 1. The third-order valence-corrected chi connectivity index (χ3v) is 4.15. The van der Waals surface area contributed by atoms with Crippen molar-refractivity contribution in [2.45, 2.75) is 11.3 Å². The van der Waals surface area contributed by atoms with E-state index in [1.54, 1.807) is 12.1 Å². The van der Waals surface area contributed by atoms with E-state index in [2.05, 4.69) is 20.9 Å². The van der Waals surface area contributed by atoms with Gasteiger partial charge in [0.05, 0.1) is 4.90 Å². The first-order chi connectivity index (χ1) is 8.45. The summed E-state index contributed by atoms with van der Waals surface area (Å²) < 4.78 is 23.6. The third-order valence-electron chi connectivity index (χ3n) is 2.52. The molecule has 1 heterocycles. The Kier molecular flexibility index (Phi) is 3.82. The van der Waals surface area contributed by atoms with E-state index in [9.17, 15) is 8.42 Å². The van der Waals surface area contributed by atoms with Gasteiger partial charge in [-0.25, -0.2) is 8.42 Å². The predicted molar refractivity (Wildman–Crippen MR) is 74.3 cm³/mol. The van der Waals surface area contributed by atoms with Crippen molar-refractivity contribution in [2.24, 2.45) is 0 Å². The van der Waals surface area contributed by atoms with Crippen LogP contribution in [0.25, 0.3) is 0 Å². The molecule has 3 nitrogen and oxygen atoms in total. The normalized spacial score (nSPS) is 11.4. The summed E-state index contributed by atoms with van der Waals surface area (Å²) in [5, 5.41) is 0. The molecule has 0 aliphatic heterocycles. The molecule has 0 N–H and O–H groups in total. The van der Waals surface area contributed by atoms with Gasteiger partial charge in [0.25, 0.3) is 0 Å². The quantitative estimate of drug-likeness (QED) is 0.871. The van der Waals surface area contributed by atoms with Crippen LogP contribution in [0.15, 0.2) is 52.0 Å². The Labute approximate surface area is 115 Å². The highest BCUT2D eigenvalue weighted by molar-refractivity contribution is 9.10. The Hall–Kier alpha value is -1.20. The number of hydrogen-bond donors (Lipinski definition) is 0. The molecule has 0 bridgehead atoms. The SMILES string of the molecule is CS(=O)(=O)c1ccc(Cc2ccc(Br)cc2)nc1. The zero-order chi connectivity index (χ0) is 13.2. The number of sulfone groups is 1. The fourth-order valence-electron chi connectivity index (χ4n) is 1.55. The minimum absolute atomic E-state index is 0.252.